The highest BCUT2D eigenvalue weighted by Gasteiger charge is 2.33. The number of halogens is 1. The number of aliphatic carboxylic acids is 1. The summed E-state index contributed by atoms with van der Waals surface area (Å²) in [7, 11) is 0. The predicted octanol–water partition coefficient (Wildman–Crippen LogP) is 0.817. The van der Waals surface area contributed by atoms with E-state index in [1.165, 1.54) is 18.2 Å². The van der Waals surface area contributed by atoms with Crippen molar-refractivity contribution in [3.8, 4) is 0 Å². The molecule has 88 valence electrons. The summed E-state index contributed by atoms with van der Waals surface area (Å²) in [5.41, 5.74) is 5.64. The van der Waals surface area contributed by atoms with E-state index in [1.807, 2.05) is 0 Å². The van der Waals surface area contributed by atoms with E-state index in [0.29, 0.717) is 0 Å². The van der Waals surface area contributed by atoms with E-state index in [1.54, 1.807) is 0 Å². The van der Waals surface area contributed by atoms with E-state index < -0.39 is 17.7 Å². The molecule has 0 saturated carbocycles. The number of anilines is 1. The van der Waals surface area contributed by atoms with E-state index in [0.717, 1.165) is 11.0 Å². The molecule has 0 aliphatic carbocycles. The van der Waals surface area contributed by atoms with Crippen LogP contribution in [0.4, 0.5) is 10.1 Å². The lowest BCUT2D eigenvalue weighted by molar-refractivity contribution is -0.133. The van der Waals surface area contributed by atoms with Gasteiger partial charge in [0, 0.05) is 0 Å². The Morgan fingerprint density at radius 1 is 1.47 bits per heavy atom. The fraction of sp³-hybridized carbons (Fsp3) is 0.0909. The van der Waals surface area contributed by atoms with Crippen molar-refractivity contribution in [1.82, 2.24) is 0 Å². The molecule has 5 nitrogen and oxygen atoms in total. The van der Waals surface area contributed by atoms with Crippen LogP contribution in [0, 0.1) is 5.82 Å². The first-order valence-electron chi connectivity index (χ1n) is 4.81. The minimum absolute atomic E-state index is 0.159. The van der Waals surface area contributed by atoms with Crippen LogP contribution in [0.5, 0.6) is 0 Å². The van der Waals surface area contributed by atoms with Crippen LogP contribution < -0.4 is 10.6 Å². The maximum absolute atomic E-state index is 13.0. The lowest BCUT2D eigenvalue weighted by Crippen LogP contribution is -2.28. The fourth-order valence-corrected chi connectivity index (χ4v) is 1.67. The number of nitrogens with zero attached hydrogens (tertiary/aromatic N) is 1. The van der Waals surface area contributed by atoms with Gasteiger partial charge in [-0.1, -0.05) is 6.07 Å². The number of rotatable bonds is 2. The van der Waals surface area contributed by atoms with Crippen molar-refractivity contribution in [3.63, 3.8) is 0 Å². The second kappa shape index (κ2) is 3.89. The molecular weight excluding hydrogens is 227 g/mol. The maximum Gasteiger partial charge on any atom is 0.335 e. The summed E-state index contributed by atoms with van der Waals surface area (Å²) in [6.07, 6.45) is -0.280. The van der Waals surface area contributed by atoms with E-state index in [9.17, 15) is 14.0 Å². The van der Waals surface area contributed by atoms with Gasteiger partial charge in [-0.25, -0.2) is 9.18 Å². The number of carbonyl (C=O) groups is 2. The Hall–Kier alpha value is -2.37. The Kier molecular flexibility index (Phi) is 2.55. The van der Waals surface area contributed by atoms with Crippen LogP contribution in [0.25, 0.3) is 0 Å². The molecule has 0 aromatic heterocycles. The molecule has 3 N–H and O–H groups in total. The van der Waals surface area contributed by atoms with Crippen molar-refractivity contribution in [2.24, 2.45) is 5.73 Å². The molecule has 0 spiro atoms. The summed E-state index contributed by atoms with van der Waals surface area (Å²) in [5, 5.41) is 8.83. The quantitative estimate of drug-likeness (QED) is 0.796. The molecule has 1 aromatic rings. The van der Waals surface area contributed by atoms with Crippen LogP contribution in [-0.4, -0.2) is 17.0 Å². The summed E-state index contributed by atoms with van der Waals surface area (Å²) in [6, 6.07) is 5.25. The normalized spacial score (nSPS) is 15.6. The van der Waals surface area contributed by atoms with Crippen molar-refractivity contribution in [2.75, 3.05) is 4.90 Å². The van der Waals surface area contributed by atoms with Gasteiger partial charge >= 0.3 is 5.97 Å². The number of nitrogens with two attached hydrogens (primary N) is 1. The van der Waals surface area contributed by atoms with Gasteiger partial charge < -0.3 is 10.8 Å². The average molecular weight is 236 g/mol. The highest BCUT2D eigenvalue weighted by Crippen LogP contribution is 2.27. The molecule has 0 fully saturated rings. The molecule has 1 heterocycles. The Morgan fingerprint density at radius 2 is 2.18 bits per heavy atom. The number of hydrogen-bond acceptors (Lipinski definition) is 3. The first-order valence-corrected chi connectivity index (χ1v) is 4.81. The Morgan fingerprint density at radius 3 is 2.71 bits per heavy atom. The third-order valence-corrected chi connectivity index (χ3v) is 2.45. The molecule has 1 amide bonds. The molecule has 0 atom stereocenters. The Bertz CT molecular complexity index is 539. The van der Waals surface area contributed by atoms with Crippen LogP contribution in [0.1, 0.15) is 6.42 Å². The highest BCUT2D eigenvalue weighted by atomic mass is 19.1. The first-order chi connectivity index (χ1) is 8.00. The zero-order valence-electron chi connectivity index (χ0n) is 8.68. The van der Waals surface area contributed by atoms with E-state index in [-0.39, 0.29) is 23.5 Å². The van der Waals surface area contributed by atoms with Crippen LogP contribution in [0.3, 0.4) is 0 Å². The van der Waals surface area contributed by atoms with E-state index >= 15 is 0 Å². The smallest absolute Gasteiger partial charge is 0.335 e. The standard InChI is InChI=1S/C11H9FN2O3/c12-6-2-1-3-7(4-6)14-9(15)5-8(10(14)13)11(16)17/h1-4H,5,13H2,(H,16,17). The van der Waals surface area contributed by atoms with Gasteiger partial charge in [-0.3, -0.25) is 9.69 Å². The van der Waals surface area contributed by atoms with E-state index in [4.69, 9.17) is 10.8 Å². The predicted molar refractivity (Wildman–Crippen MR) is 57.4 cm³/mol. The van der Waals surface area contributed by atoms with Crippen molar-refractivity contribution < 1.29 is 19.1 Å². The van der Waals surface area contributed by atoms with Gasteiger partial charge in [0.05, 0.1) is 17.7 Å². The molecule has 0 radical (unpaired) electrons. The lowest BCUT2D eigenvalue weighted by atomic mass is 10.2. The van der Waals surface area contributed by atoms with Gasteiger partial charge in [-0.15, -0.1) is 0 Å². The summed E-state index contributed by atoms with van der Waals surface area (Å²) in [5.74, 6) is -2.40. The number of hydrogen-bond donors (Lipinski definition) is 2. The van der Waals surface area contributed by atoms with Gasteiger partial charge in [0.1, 0.15) is 11.6 Å². The van der Waals surface area contributed by atoms with Gasteiger partial charge in [0.25, 0.3) is 0 Å². The van der Waals surface area contributed by atoms with Crippen LogP contribution in [0.2, 0.25) is 0 Å². The van der Waals surface area contributed by atoms with Crippen LogP contribution in [-0.2, 0) is 9.59 Å². The number of carboxylic acids is 1. The highest BCUT2D eigenvalue weighted by molar-refractivity contribution is 6.08. The zero-order chi connectivity index (χ0) is 12.6. The van der Waals surface area contributed by atoms with Gasteiger partial charge in [-0.2, -0.15) is 0 Å². The van der Waals surface area contributed by atoms with Crippen LogP contribution in [0.15, 0.2) is 35.7 Å². The average Bonchev–Trinajstić information content (AvgIpc) is 2.54. The maximum atomic E-state index is 13.0. The SMILES string of the molecule is NC1=C(C(=O)O)CC(=O)N1c1cccc(F)c1. The minimum atomic E-state index is -1.24. The second-order valence-electron chi connectivity index (χ2n) is 3.55. The third-order valence-electron chi connectivity index (χ3n) is 2.45. The second-order valence-corrected chi connectivity index (χ2v) is 3.55. The van der Waals surface area contributed by atoms with Crippen molar-refractivity contribution in [2.45, 2.75) is 6.42 Å². The molecule has 17 heavy (non-hydrogen) atoms. The topological polar surface area (TPSA) is 83.6 Å². The summed E-state index contributed by atoms with van der Waals surface area (Å²) < 4.78 is 13.0. The summed E-state index contributed by atoms with van der Waals surface area (Å²) >= 11 is 0. The number of carboxylic acid groups (broad SMARTS) is 1. The van der Waals surface area contributed by atoms with Crippen molar-refractivity contribution >= 4 is 17.6 Å². The molecule has 0 saturated heterocycles. The van der Waals surface area contributed by atoms with E-state index in [2.05, 4.69) is 0 Å². The molecule has 6 heteroatoms. The number of amides is 1. The molecule has 0 unspecified atom stereocenters. The number of benzene rings is 1. The third kappa shape index (κ3) is 1.84. The largest absolute Gasteiger partial charge is 0.478 e. The first kappa shape index (κ1) is 11.1. The van der Waals surface area contributed by atoms with Gasteiger partial charge in [0.15, 0.2) is 0 Å². The number of carbonyl (C=O) groups excluding carboxylic acids is 1. The molecule has 1 aliphatic heterocycles. The molecular formula is C11H9FN2O3. The Labute approximate surface area is 95.9 Å². The monoisotopic (exact) mass is 236 g/mol. The summed E-state index contributed by atoms with van der Waals surface area (Å²) in [4.78, 5) is 23.4. The zero-order valence-corrected chi connectivity index (χ0v) is 8.68. The summed E-state index contributed by atoms with van der Waals surface area (Å²) in [6.45, 7) is 0. The molecule has 2 rings (SSSR count). The lowest BCUT2D eigenvalue weighted by Gasteiger charge is -2.17. The minimum Gasteiger partial charge on any atom is -0.478 e. The Balaban J connectivity index is 2.46. The van der Waals surface area contributed by atoms with Crippen molar-refractivity contribution in [1.29, 1.82) is 0 Å². The van der Waals surface area contributed by atoms with Gasteiger partial charge in [-0.05, 0) is 18.2 Å². The molecule has 1 aromatic carbocycles. The van der Waals surface area contributed by atoms with Crippen LogP contribution >= 0.6 is 0 Å². The van der Waals surface area contributed by atoms with Crippen molar-refractivity contribution in [3.05, 3.63) is 41.5 Å². The molecule has 1 aliphatic rings. The van der Waals surface area contributed by atoms with Gasteiger partial charge in [0.2, 0.25) is 5.91 Å². The fourth-order valence-electron chi connectivity index (χ4n) is 1.67. The molecule has 0 bridgehead atoms.